The summed E-state index contributed by atoms with van der Waals surface area (Å²) < 4.78 is 0. The number of aromatic nitrogens is 1. The molecule has 2 aromatic heterocycles. The van der Waals surface area contributed by atoms with Gasteiger partial charge < -0.3 is 15.6 Å². The maximum absolute atomic E-state index is 13.8. The molecule has 0 spiro atoms. The van der Waals surface area contributed by atoms with Crippen LogP contribution in [0, 0.1) is 12.3 Å². The molecule has 1 aliphatic heterocycles. The van der Waals surface area contributed by atoms with Crippen LogP contribution >= 0.6 is 23.1 Å². The third-order valence-electron chi connectivity index (χ3n) is 7.47. The Balaban J connectivity index is 0.000000482. The van der Waals surface area contributed by atoms with Gasteiger partial charge in [0.2, 0.25) is 17.7 Å². The summed E-state index contributed by atoms with van der Waals surface area (Å²) in [4.78, 5) is 46.6. The molecule has 3 aliphatic rings. The molecule has 0 unspecified atom stereocenters. The molecule has 214 valence electrons. The van der Waals surface area contributed by atoms with Crippen molar-refractivity contribution in [3.05, 3.63) is 106 Å². The molecule has 0 bridgehead atoms. The monoisotopic (exact) mass is 604 g/mol. The zero-order valence-electron chi connectivity index (χ0n) is 23.3. The number of hydrogen-bond acceptors (Lipinski definition) is 5. The summed E-state index contributed by atoms with van der Waals surface area (Å²) in [6, 6.07) is 24.8. The van der Waals surface area contributed by atoms with Crippen LogP contribution in [0.25, 0.3) is 22.0 Å². The molecule has 7 rings (SSSR count). The normalized spacial score (nSPS) is 16.4. The van der Waals surface area contributed by atoms with Gasteiger partial charge in [0, 0.05) is 46.9 Å². The van der Waals surface area contributed by atoms with Gasteiger partial charge in [-0.3, -0.25) is 19.3 Å². The summed E-state index contributed by atoms with van der Waals surface area (Å²) in [6.07, 6.45) is 7.59. The van der Waals surface area contributed by atoms with Gasteiger partial charge in [-0.1, -0.05) is 48.4 Å². The van der Waals surface area contributed by atoms with Gasteiger partial charge in [-0.15, -0.1) is 29.5 Å². The number of terminal acetylenes is 1. The van der Waals surface area contributed by atoms with Gasteiger partial charge in [0.15, 0.2) is 0 Å². The molecule has 1 fully saturated rings. The number of benzene rings is 3. The van der Waals surface area contributed by atoms with Crippen molar-refractivity contribution in [1.82, 2.24) is 4.98 Å². The first kappa shape index (κ1) is 28.3. The second-order valence-corrected chi connectivity index (χ2v) is 12.3. The van der Waals surface area contributed by atoms with Crippen LogP contribution < -0.4 is 15.5 Å². The largest absolute Gasteiger partial charge is 0.366 e. The zero-order valence-corrected chi connectivity index (χ0v) is 25.0. The lowest BCUT2D eigenvalue weighted by molar-refractivity contribution is -0.123. The first-order chi connectivity index (χ1) is 20.9. The highest BCUT2D eigenvalue weighted by Crippen LogP contribution is 2.49. The summed E-state index contributed by atoms with van der Waals surface area (Å²) in [6.45, 7) is 2.38. The third kappa shape index (κ3) is 5.55. The molecule has 43 heavy (non-hydrogen) atoms. The van der Waals surface area contributed by atoms with E-state index in [4.69, 9.17) is 12.2 Å². The van der Waals surface area contributed by atoms with E-state index in [-0.39, 0.29) is 18.2 Å². The number of amides is 3. The number of nitrogens with two attached hydrogens (primary N) is 1. The van der Waals surface area contributed by atoms with Crippen LogP contribution in [0.4, 0.5) is 11.4 Å². The number of thioether (sulfide) groups is 1. The molecule has 0 radical (unpaired) electrons. The molecule has 2 aliphatic carbocycles. The Labute approximate surface area is 257 Å². The molecule has 3 N–H and O–H groups in total. The topological polar surface area (TPSA) is 99.5 Å². The van der Waals surface area contributed by atoms with Crippen molar-refractivity contribution in [3.63, 3.8) is 0 Å². The molecule has 3 amide bonds. The van der Waals surface area contributed by atoms with Crippen LogP contribution in [0.1, 0.15) is 39.5 Å². The van der Waals surface area contributed by atoms with E-state index in [0.29, 0.717) is 23.4 Å². The molecular weight excluding hydrogens is 577 g/mol. The average molecular weight is 605 g/mol. The highest BCUT2D eigenvalue weighted by Gasteiger charge is 2.44. The van der Waals surface area contributed by atoms with Crippen molar-refractivity contribution < 1.29 is 14.4 Å². The van der Waals surface area contributed by atoms with Gasteiger partial charge in [0.05, 0.1) is 15.8 Å². The first-order valence-corrected chi connectivity index (χ1v) is 15.6. The zero-order chi connectivity index (χ0) is 30.1. The van der Waals surface area contributed by atoms with Gasteiger partial charge in [0.25, 0.3) is 0 Å². The minimum Gasteiger partial charge on any atom is -0.366 e. The van der Waals surface area contributed by atoms with Gasteiger partial charge in [-0.25, -0.2) is 0 Å². The van der Waals surface area contributed by atoms with E-state index in [1.807, 2.05) is 48.8 Å². The van der Waals surface area contributed by atoms with Crippen molar-refractivity contribution >= 4 is 63.1 Å². The van der Waals surface area contributed by atoms with Crippen LogP contribution in [0.2, 0.25) is 0 Å². The first-order valence-electron chi connectivity index (χ1n) is 13.8. The fourth-order valence-electron chi connectivity index (χ4n) is 5.27. The van der Waals surface area contributed by atoms with Crippen LogP contribution in [-0.2, 0) is 9.59 Å². The van der Waals surface area contributed by atoms with Gasteiger partial charge >= 0.3 is 0 Å². The Bertz CT molecular complexity index is 1890. The summed E-state index contributed by atoms with van der Waals surface area (Å²) in [5.74, 6) is 1.76. The summed E-state index contributed by atoms with van der Waals surface area (Å²) in [5.41, 5.74) is 11.6. The van der Waals surface area contributed by atoms with E-state index in [2.05, 4.69) is 35.2 Å². The Kier molecular flexibility index (Phi) is 7.80. The molecule has 2 atom stereocenters. The van der Waals surface area contributed by atoms with E-state index in [0.717, 1.165) is 21.5 Å². The molecule has 3 heterocycles. The number of anilines is 2. The smallest absolute Gasteiger partial charge is 0.248 e. The fourth-order valence-corrected chi connectivity index (χ4v) is 7.81. The number of carbonyl (C=O) groups excluding carboxylic acids is 3. The number of primary amides is 1. The van der Waals surface area contributed by atoms with Crippen LogP contribution in [0.15, 0.2) is 90.4 Å². The number of hydrogen-bond donors (Lipinski definition) is 2. The minimum atomic E-state index is -0.623. The SMILES string of the molecule is C#Cc1ccsc1[C@@H]1S[C@H](CC(=O)N(CC)c2c[nH]c3ccccc23)C(=O)N1c1cccc(C(N)=O)c1.c1cc2cc-2c1. The quantitative estimate of drug-likeness (QED) is 0.202. The highest BCUT2D eigenvalue weighted by atomic mass is 32.2. The second-order valence-electron chi connectivity index (χ2n) is 10.1. The van der Waals surface area contributed by atoms with Crippen molar-refractivity contribution in [2.75, 3.05) is 16.3 Å². The Morgan fingerprint density at radius 2 is 1.81 bits per heavy atom. The maximum Gasteiger partial charge on any atom is 0.248 e. The standard InChI is InChI=1S/C28H24N4O3S2.C6H4/c1-3-17-12-13-36-25(17)28-32(19-9-7-8-18(14-19)26(29)34)27(35)23(37-28)15-24(33)31(4-2)22-16-30-21-11-6-5-10-20(21)22;1-2-5-4-6(5)3-1/h1,5-14,16,23,28,30H,4,15H2,2H3,(H2,29,34);1-4H/t23-,28+;/m1./s1. The summed E-state index contributed by atoms with van der Waals surface area (Å²) >= 11 is 2.87. The number of H-pyrrole nitrogens is 1. The Morgan fingerprint density at radius 1 is 1.05 bits per heavy atom. The van der Waals surface area contributed by atoms with Crippen LogP contribution in [0.5, 0.6) is 0 Å². The van der Waals surface area contributed by atoms with E-state index in [1.165, 1.54) is 34.2 Å². The van der Waals surface area contributed by atoms with E-state index >= 15 is 0 Å². The van der Waals surface area contributed by atoms with E-state index < -0.39 is 16.5 Å². The van der Waals surface area contributed by atoms with E-state index in [9.17, 15) is 14.4 Å². The fraction of sp³-hybridized carbons (Fsp3) is 0.147. The maximum atomic E-state index is 13.8. The molecular formula is C34H28N4O3S2. The van der Waals surface area contributed by atoms with E-state index in [1.54, 1.807) is 34.1 Å². The molecule has 9 heteroatoms. The molecule has 2 aromatic carbocycles. The number of thiophene rings is 1. The number of nitrogens with one attached hydrogen (secondary N) is 1. The summed E-state index contributed by atoms with van der Waals surface area (Å²) in [5, 5.41) is 1.79. The number of fused-ring (bicyclic) bond motifs is 2. The summed E-state index contributed by atoms with van der Waals surface area (Å²) in [7, 11) is 0. The Morgan fingerprint density at radius 3 is 2.49 bits per heavy atom. The van der Waals surface area contributed by atoms with Gasteiger partial charge in [-0.2, -0.15) is 0 Å². The average Bonchev–Trinajstić information content (AvgIpc) is 3.48. The van der Waals surface area contributed by atoms with Gasteiger partial charge in [-0.05, 0) is 59.8 Å². The predicted molar refractivity (Wildman–Crippen MR) is 175 cm³/mol. The number of carbonyl (C=O) groups is 3. The van der Waals surface area contributed by atoms with Crippen molar-refractivity contribution in [2.45, 2.75) is 24.0 Å². The lowest BCUT2D eigenvalue weighted by Gasteiger charge is -2.24. The number of aromatic amines is 1. The number of nitrogens with zero attached hydrogens (tertiary/aromatic N) is 2. The van der Waals surface area contributed by atoms with Crippen molar-refractivity contribution in [3.8, 4) is 23.5 Å². The Hall–Kier alpha value is -4.78. The minimum absolute atomic E-state index is 0.0239. The molecule has 7 nitrogen and oxygen atoms in total. The lowest BCUT2D eigenvalue weighted by Crippen LogP contribution is -2.36. The highest BCUT2D eigenvalue weighted by molar-refractivity contribution is 8.01. The number of rotatable bonds is 7. The van der Waals surface area contributed by atoms with Crippen LogP contribution in [-0.4, -0.2) is 34.5 Å². The van der Waals surface area contributed by atoms with Crippen molar-refractivity contribution in [1.29, 1.82) is 0 Å². The number of para-hydroxylation sites is 1. The van der Waals surface area contributed by atoms with Crippen molar-refractivity contribution in [2.24, 2.45) is 5.73 Å². The third-order valence-corrected chi connectivity index (χ3v) is 9.99. The predicted octanol–water partition coefficient (Wildman–Crippen LogP) is 6.57. The second kappa shape index (κ2) is 11.8. The van der Waals surface area contributed by atoms with Crippen LogP contribution in [0.3, 0.4) is 0 Å². The molecule has 0 saturated carbocycles. The molecule has 1 saturated heterocycles. The lowest BCUT2D eigenvalue weighted by atomic mass is 10.1. The molecule has 4 aromatic rings. The van der Waals surface area contributed by atoms with Gasteiger partial charge in [0.1, 0.15) is 5.37 Å².